The Hall–Kier alpha value is -1.89. The average molecular weight is 280 g/mol. The van der Waals surface area contributed by atoms with Crippen molar-refractivity contribution in [1.29, 1.82) is 0 Å². The predicted octanol–water partition coefficient (Wildman–Crippen LogP) is 0.993. The van der Waals surface area contributed by atoms with Gasteiger partial charge in [-0.2, -0.15) is 0 Å². The van der Waals surface area contributed by atoms with Gasteiger partial charge in [-0.15, -0.1) is 0 Å². The highest BCUT2D eigenvalue weighted by molar-refractivity contribution is 5.84. The van der Waals surface area contributed by atoms with Crippen LogP contribution < -0.4 is 16.6 Å². The summed E-state index contributed by atoms with van der Waals surface area (Å²) in [5.74, 6) is 7.23. The zero-order valence-corrected chi connectivity index (χ0v) is 12.6. The average Bonchev–Trinajstić information content (AvgIpc) is 2.47. The predicted molar refractivity (Wildman–Crippen MR) is 80.2 cm³/mol. The number of hydrazine groups is 1. The highest BCUT2D eigenvalue weighted by atomic mass is 16.2. The van der Waals surface area contributed by atoms with Crippen molar-refractivity contribution in [2.24, 2.45) is 5.84 Å². The number of carbonyl (C=O) groups excluding carboxylic acids is 1. The lowest BCUT2D eigenvalue weighted by atomic mass is 10.2. The number of amides is 1. The molecule has 0 aliphatic carbocycles. The number of aromatic nitrogens is 2. The van der Waals surface area contributed by atoms with Crippen LogP contribution in [0.4, 0.5) is 11.6 Å². The molecule has 20 heavy (non-hydrogen) atoms. The molecule has 1 heterocycles. The Balaban J connectivity index is 2.84. The third kappa shape index (κ3) is 4.06. The molecule has 0 saturated heterocycles. The van der Waals surface area contributed by atoms with Gasteiger partial charge < -0.3 is 15.6 Å². The van der Waals surface area contributed by atoms with Crippen LogP contribution in [-0.2, 0) is 11.2 Å². The number of hydrogen-bond donors (Lipinski definition) is 3. The van der Waals surface area contributed by atoms with Gasteiger partial charge in [0, 0.05) is 25.6 Å². The number of likely N-dealkylation sites (N-methyl/N-ethyl adjacent to an activating group) is 1. The number of nitrogens with zero attached hydrogens (tertiary/aromatic N) is 3. The molecule has 1 amide bonds. The van der Waals surface area contributed by atoms with E-state index in [4.69, 9.17) is 5.84 Å². The second-order valence-electron chi connectivity index (χ2n) is 4.43. The number of aryl methyl sites for hydroxylation is 1. The van der Waals surface area contributed by atoms with E-state index in [1.807, 2.05) is 27.7 Å². The maximum Gasteiger partial charge on any atom is 0.244 e. The zero-order chi connectivity index (χ0) is 15.1. The number of nitrogens with one attached hydrogen (secondary N) is 2. The highest BCUT2D eigenvalue weighted by Gasteiger charge is 2.18. The summed E-state index contributed by atoms with van der Waals surface area (Å²) >= 11 is 0. The van der Waals surface area contributed by atoms with E-state index in [-0.39, 0.29) is 11.9 Å². The summed E-state index contributed by atoms with van der Waals surface area (Å²) in [6, 6.07) is 1.34. The summed E-state index contributed by atoms with van der Waals surface area (Å²) in [5, 5.41) is 3.10. The van der Waals surface area contributed by atoms with Crippen molar-refractivity contribution >= 4 is 17.5 Å². The summed E-state index contributed by atoms with van der Waals surface area (Å²) in [5.41, 5.74) is 2.50. The standard InChI is InChI=1S/C13H24N6O/c1-5-10-16-11(8-12(17-10)18-14)15-9(4)13(20)19(6-2)7-3/h8-9H,5-7,14H2,1-4H3,(H2,15,16,17,18). The normalized spacial score (nSPS) is 11.8. The molecule has 1 rings (SSSR count). The Kier molecular flexibility index (Phi) is 6.17. The number of hydrogen-bond acceptors (Lipinski definition) is 6. The molecule has 0 aliphatic rings. The lowest BCUT2D eigenvalue weighted by molar-refractivity contribution is -0.131. The van der Waals surface area contributed by atoms with Gasteiger partial charge in [-0.05, 0) is 20.8 Å². The Morgan fingerprint density at radius 1 is 1.30 bits per heavy atom. The maximum atomic E-state index is 12.2. The van der Waals surface area contributed by atoms with Crippen LogP contribution in [0.2, 0.25) is 0 Å². The molecule has 7 nitrogen and oxygen atoms in total. The van der Waals surface area contributed by atoms with Crippen LogP contribution in [0.1, 0.15) is 33.5 Å². The van der Waals surface area contributed by atoms with E-state index in [0.717, 1.165) is 0 Å². The van der Waals surface area contributed by atoms with E-state index in [1.165, 1.54) is 0 Å². The fourth-order valence-electron chi connectivity index (χ4n) is 1.90. The molecule has 0 saturated carbocycles. The number of nitrogens with two attached hydrogens (primary N) is 1. The SMILES string of the molecule is CCc1nc(NN)cc(NC(C)C(=O)N(CC)CC)n1. The largest absolute Gasteiger partial charge is 0.358 e. The first kappa shape index (κ1) is 16.2. The van der Waals surface area contributed by atoms with Crippen molar-refractivity contribution in [1.82, 2.24) is 14.9 Å². The van der Waals surface area contributed by atoms with Gasteiger partial charge in [-0.1, -0.05) is 6.92 Å². The van der Waals surface area contributed by atoms with E-state index in [1.54, 1.807) is 11.0 Å². The van der Waals surface area contributed by atoms with Gasteiger partial charge in [-0.25, -0.2) is 15.8 Å². The highest BCUT2D eigenvalue weighted by Crippen LogP contribution is 2.12. The molecule has 1 unspecified atom stereocenters. The Labute approximate surface area is 119 Å². The summed E-state index contributed by atoms with van der Waals surface area (Å²) in [4.78, 5) is 22.5. The zero-order valence-electron chi connectivity index (χ0n) is 12.6. The number of anilines is 2. The van der Waals surface area contributed by atoms with Crippen molar-refractivity contribution in [2.75, 3.05) is 23.8 Å². The molecular weight excluding hydrogens is 256 g/mol. The molecule has 0 spiro atoms. The van der Waals surface area contributed by atoms with Crippen molar-refractivity contribution in [2.45, 2.75) is 40.2 Å². The smallest absolute Gasteiger partial charge is 0.244 e. The third-order valence-corrected chi connectivity index (χ3v) is 3.05. The van der Waals surface area contributed by atoms with Gasteiger partial charge in [0.05, 0.1) is 0 Å². The Bertz CT molecular complexity index is 424. The van der Waals surface area contributed by atoms with Gasteiger partial charge in [0.25, 0.3) is 0 Å². The first-order valence-corrected chi connectivity index (χ1v) is 6.95. The lowest BCUT2D eigenvalue weighted by Crippen LogP contribution is -2.41. The van der Waals surface area contributed by atoms with Crippen LogP contribution in [0.3, 0.4) is 0 Å². The van der Waals surface area contributed by atoms with E-state index in [2.05, 4.69) is 20.7 Å². The van der Waals surface area contributed by atoms with Crippen LogP contribution in [0.25, 0.3) is 0 Å². The molecular formula is C13H24N6O. The van der Waals surface area contributed by atoms with Crippen LogP contribution in [0.5, 0.6) is 0 Å². The van der Waals surface area contributed by atoms with E-state index < -0.39 is 0 Å². The van der Waals surface area contributed by atoms with Crippen LogP contribution in [0, 0.1) is 0 Å². The number of carbonyl (C=O) groups is 1. The van der Waals surface area contributed by atoms with E-state index in [0.29, 0.717) is 37.0 Å². The van der Waals surface area contributed by atoms with E-state index >= 15 is 0 Å². The Morgan fingerprint density at radius 3 is 2.40 bits per heavy atom. The van der Waals surface area contributed by atoms with E-state index in [9.17, 15) is 4.79 Å². The van der Waals surface area contributed by atoms with Gasteiger partial charge in [0.1, 0.15) is 23.5 Å². The Morgan fingerprint density at radius 2 is 1.90 bits per heavy atom. The molecule has 0 aromatic carbocycles. The minimum atomic E-state index is -0.347. The molecule has 0 radical (unpaired) electrons. The molecule has 0 fully saturated rings. The summed E-state index contributed by atoms with van der Waals surface area (Å²) in [6.07, 6.45) is 0.697. The minimum Gasteiger partial charge on any atom is -0.358 e. The van der Waals surface area contributed by atoms with Crippen LogP contribution >= 0.6 is 0 Å². The molecule has 0 bridgehead atoms. The fraction of sp³-hybridized carbons (Fsp3) is 0.615. The van der Waals surface area contributed by atoms with Crippen molar-refractivity contribution in [3.05, 3.63) is 11.9 Å². The minimum absolute atomic E-state index is 0.0499. The number of rotatable bonds is 7. The molecule has 7 heteroatoms. The second-order valence-corrected chi connectivity index (χ2v) is 4.43. The maximum absolute atomic E-state index is 12.2. The molecule has 1 aromatic rings. The molecule has 1 atom stereocenters. The van der Waals surface area contributed by atoms with Gasteiger partial charge in [0.2, 0.25) is 5.91 Å². The monoisotopic (exact) mass is 280 g/mol. The first-order chi connectivity index (χ1) is 9.55. The number of nitrogen functional groups attached to an aromatic ring is 1. The second kappa shape index (κ2) is 7.64. The first-order valence-electron chi connectivity index (χ1n) is 6.95. The molecule has 4 N–H and O–H groups in total. The molecule has 1 aromatic heterocycles. The van der Waals surface area contributed by atoms with Crippen molar-refractivity contribution in [3.8, 4) is 0 Å². The van der Waals surface area contributed by atoms with Gasteiger partial charge in [0.15, 0.2) is 0 Å². The summed E-state index contributed by atoms with van der Waals surface area (Å²) in [6.45, 7) is 9.10. The van der Waals surface area contributed by atoms with Crippen molar-refractivity contribution < 1.29 is 4.79 Å². The summed E-state index contributed by atoms with van der Waals surface area (Å²) < 4.78 is 0. The summed E-state index contributed by atoms with van der Waals surface area (Å²) in [7, 11) is 0. The lowest BCUT2D eigenvalue weighted by Gasteiger charge is -2.23. The van der Waals surface area contributed by atoms with Crippen molar-refractivity contribution in [3.63, 3.8) is 0 Å². The molecule has 112 valence electrons. The van der Waals surface area contributed by atoms with Gasteiger partial charge in [-0.3, -0.25) is 4.79 Å². The third-order valence-electron chi connectivity index (χ3n) is 3.05. The topological polar surface area (TPSA) is 96.2 Å². The van der Waals surface area contributed by atoms with Gasteiger partial charge >= 0.3 is 0 Å². The fourth-order valence-corrected chi connectivity index (χ4v) is 1.90. The van der Waals surface area contributed by atoms with Crippen LogP contribution in [-0.4, -0.2) is 39.9 Å². The molecule has 0 aliphatic heterocycles. The quantitative estimate of drug-likeness (QED) is 0.509. The van der Waals surface area contributed by atoms with Crippen LogP contribution in [0.15, 0.2) is 6.07 Å².